The second kappa shape index (κ2) is 1.65. The Morgan fingerprint density at radius 3 is 3.44 bits per heavy atom. The minimum absolute atomic E-state index is 0.905. The molecular formula is C7H5N2. The largest absolute Gasteiger partial charge is 0.154 e. The van der Waals surface area contributed by atoms with Crippen molar-refractivity contribution in [2.24, 2.45) is 10.2 Å². The van der Waals surface area contributed by atoms with Crippen molar-refractivity contribution in [1.82, 2.24) is 0 Å². The van der Waals surface area contributed by atoms with Crippen molar-refractivity contribution in [1.29, 1.82) is 0 Å². The van der Waals surface area contributed by atoms with Gasteiger partial charge in [0.2, 0.25) is 0 Å². The van der Waals surface area contributed by atoms with E-state index < -0.39 is 0 Å². The smallest absolute Gasteiger partial charge is 0.123 e. The van der Waals surface area contributed by atoms with Crippen LogP contribution >= 0.6 is 0 Å². The van der Waals surface area contributed by atoms with Gasteiger partial charge >= 0.3 is 0 Å². The van der Waals surface area contributed by atoms with Gasteiger partial charge in [-0.2, -0.15) is 5.10 Å². The summed E-state index contributed by atoms with van der Waals surface area (Å²) in [5, 5.41) is 7.53. The summed E-state index contributed by atoms with van der Waals surface area (Å²) in [4.78, 5) is 0. The first-order chi connectivity index (χ1) is 4.47. The molecule has 2 nitrogen and oxygen atoms in total. The molecule has 0 atom stereocenters. The van der Waals surface area contributed by atoms with Gasteiger partial charge in [-0.1, -0.05) is 18.2 Å². The van der Waals surface area contributed by atoms with Crippen molar-refractivity contribution >= 4 is 11.9 Å². The van der Waals surface area contributed by atoms with Gasteiger partial charge in [0.25, 0.3) is 0 Å². The third-order valence-electron chi connectivity index (χ3n) is 1.36. The highest BCUT2D eigenvalue weighted by Crippen LogP contribution is 2.11. The summed E-state index contributed by atoms with van der Waals surface area (Å²) >= 11 is 0. The first-order valence-corrected chi connectivity index (χ1v) is 2.86. The van der Waals surface area contributed by atoms with Crippen LogP contribution in [-0.4, -0.2) is 11.9 Å². The maximum absolute atomic E-state index is 3.87. The van der Waals surface area contributed by atoms with Crippen molar-refractivity contribution < 1.29 is 0 Å². The first-order valence-electron chi connectivity index (χ1n) is 2.86. The van der Waals surface area contributed by atoms with E-state index in [2.05, 4.69) is 22.5 Å². The molecule has 0 amide bonds. The SMILES string of the molecule is [C]1=NN=C2CC=CC=C12. The van der Waals surface area contributed by atoms with E-state index in [0.29, 0.717) is 0 Å². The Balaban J connectivity index is 2.46. The van der Waals surface area contributed by atoms with Crippen molar-refractivity contribution in [3.63, 3.8) is 0 Å². The lowest BCUT2D eigenvalue weighted by atomic mass is 10.1. The van der Waals surface area contributed by atoms with Crippen molar-refractivity contribution in [2.45, 2.75) is 6.42 Å². The summed E-state index contributed by atoms with van der Waals surface area (Å²) in [6.45, 7) is 0. The van der Waals surface area contributed by atoms with Crippen LogP contribution in [0.4, 0.5) is 0 Å². The number of fused-ring (bicyclic) bond motifs is 1. The van der Waals surface area contributed by atoms with Crippen LogP contribution in [0.2, 0.25) is 0 Å². The highest BCUT2D eigenvalue weighted by atomic mass is 15.2. The Morgan fingerprint density at radius 2 is 2.56 bits per heavy atom. The zero-order chi connectivity index (χ0) is 6.10. The highest BCUT2D eigenvalue weighted by molar-refractivity contribution is 6.19. The molecular weight excluding hydrogens is 112 g/mol. The van der Waals surface area contributed by atoms with Gasteiger partial charge in [0.15, 0.2) is 0 Å². The zero-order valence-electron chi connectivity index (χ0n) is 4.83. The van der Waals surface area contributed by atoms with Crippen LogP contribution in [0.3, 0.4) is 0 Å². The summed E-state index contributed by atoms with van der Waals surface area (Å²) in [6, 6.07) is 0. The molecule has 1 heterocycles. The molecule has 0 bridgehead atoms. The molecule has 43 valence electrons. The Labute approximate surface area is 53.3 Å². The van der Waals surface area contributed by atoms with Crippen LogP contribution in [0.1, 0.15) is 6.42 Å². The highest BCUT2D eigenvalue weighted by Gasteiger charge is 2.10. The average Bonchev–Trinajstić information content (AvgIpc) is 2.33. The molecule has 9 heavy (non-hydrogen) atoms. The Morgan fingerprint density at radius 1 is 1.56 bits per heavy atom. The van der Waals surface area contributed by atoms with Crippen LogP contribution in [0.25, 0.3) is 0 Å². The fourth-order valence-corrected chi connectivity index (χ4v) is 0.886. The third-order valence-corrected chi connectivity index (χ3v) is 1.36. The van der Waals surface area contributed by atoms with E-state index in [-0.39, 0.29) is 0 Å². The molecule has 2 rings (SSSR count). The fraction of sp³-hybridized carbons (Fsp3) is 0.143. The van der Waals surface area contributed by atoms with E-state index in [1.807, 2.05) is 12.2 Å². The molecule has 2 aliphatic rings. The molecule has 0 spiro atoms. The van der Waals surface area contributed by atoms with E-state index in [9.17, 15) is 0 Å². The summed E-state index contributed by atoms with van der Waals surface area (Å²) in [6.07, 6.45) is 9.73. The van der Waals surface area contributed by atoms with E-state index in [1.54, 1.807) is 0 Å². The van der Waals surface area contributed by atoms with Gasteiger partial charge in [0, 0.05) is 12.0 Å². The van der Waals surface area contributed by atoms with Gasteiger partial charge in [-0.3, -0.25) is 0 Å². The summed E-state index contributed by atoms with van der Waals surface area (Å²) in [5.74, 6) is 0. The number of hydrogen-bond acceptors (Lipinski definition) is 2. The van der Waals surface area contributed by atoms with Gasteiger partial charge in [0.1, 0.15) is 6.21 Å². The van der Waals surface area contributed by atoms with E-state index in [4.69, 9.17) is 0 Å². The minimum atomic E-state index is 0.905. The fourth-order valence-electron chi connectivity index (χ4n) is 0.886. The van der Waals surface area contributed by atoms with Crippen LogP contribution < -0.4 is 0 Å². The van der Waals surface area contributed by atoms with Crippen molar-refractivity contribution in [3.05, 3.63) is 23.8 Å². The molecule has 1 radical (unpaired) electrons. The Kier molecular flexibility index (Phi) is 0.859. The third kappa shape index (κ3) is 0.633. The average molecular weight is 117 g/mol. The lowest BCUT2D eigenvalue weighted by molar-refractivity contribution is 1.25. The molecule has 0 saturated heterocycles. The quantitative estimate of drug-likeness (QED) is 0.455. The minimum Gasteiger partial charge on any atom is -0.154 e. The van der Waals surface area contributed by atoms with Gasteiger partial charge in [-0.25, -0.2) is 0 Å². The number of hydrogen-bond donors (Lipinski definition) is 0. The molecule has 0 aromatic heterocycles. The second-order valence-electron chi connectivity index (χ2n) is 1.97. The topological polar surface area (TPSA) is 24.7 Å². The molecule has 0 N–H and O–H groups in total. The van der Waals surface area contributed by atoms with Gasteiger partial charge in [-0.05, 0) is 0 Å². The normalized spacial score (nSPS) is 21.3. The molecule has 0 fully saturated rings. The second-order valence-corrected chi connectivity index (χ2v) is 1.97. The lowest BCUT2D eigenvalue weighted by Crippen LogP contribution is -2.00. The standard InChI is InChI=1S/C7H5N2/c1-2-4-7-6(3-1)5-8-9-7/h1-3H,4H2. The van der Waals surface area contributed by atoms with Crippen LogP contribution in [0.15, 0.2) is 34.0 Å². The number of rotatable bonds is 0. The number of allylic oxidation sites excluding steroid dienone is 4. The monoisotopic (exact) mass is 117 g/mol. The molecule has 1 aliphatic heterocycles. The van der Waals surface area contributed by atoms with Crippen LogP contribution in [0.5, 0.6) is 0 Å². The van der Waals surface area contributed by atoms with E-state index in [0.717, 1.165) is 17.7 Å². The molecule has 2 heteroatoms. The molecule has 1 aliphatic carbocycles. The number of nitrogens with zero attached hydrogens (tertiary/aromatic N) is 2. The van der Waals surface area contributed by atoms with Gasteiger partial charge in [0.05, 0.1) is 5.71 Å². The van der Waals surface area contributed by atoms with E-state index in [1.165, 1.54) is 0 Å². The Hall–Kier alpha value is -1.18. The van der Waals surface area contributed by atoms with Gasteiger partial charge < -0.3 is 0 Å². The van der Waals surface area contributed by atoms with Crippen molar-refractivity contribution in [3.8, 4) is 0 Å². The predicted octanol–water partition coefficient (Wildman–Crippen LogP) is 1.19. The molecule has 0 saturated carbocycles. The summed E-state index contributed by atoms with van der Waals surface area (Å²) in [5.41, 5.74) is 2.08. The van der Waals surface area contributed by atoms with Crippen LogP contribution in [0, 0.1) is 0 Å². The molecule has 0 aromatic carbocycles. The Bertz CT molecular complexity index is 244. The summed E-state index contributed by atoms with van der Waals surface area (Å²) < 4.78 is 0. The van der Waals surface area contributed by atoms with Crippen molar-refractivity contribution in [2.75, 3.05) is 0 Å². The lowest BCUT2D eigenvalue weighted by Gasteiger charge is -1.98. The van der Waals surface area contributed by atoms with E-state index >= 15 is 0 Å². The zero-order valence-corrected chi connectivity index (χ0v) is 4.83. The molecule has 0 unspecified atom stereocenters. The maximum Gasteiger partial charge on any atom is 0.123 e. The first kappa shape index (κ1) is 4.68. The van der Waals surface area contributed by atoms with Crippen LogP contribution in [-0.2, 0) is 0 Å². The maximum atomic E-state index is 3.87. The predicted molar refractivity (Wildman–Crippen MR) is 36.7 cm³/mol. The summed E-state index contributed by atoms with van der Waals surface area (Å²) in [7, 11) is 0. The van der Waals surface area contributed by atoms with Gasteiger partial charge in [-0.15, -0.1) is 5.10 Å². The molecule has 0 aromatic rings.